The van der Waals surface area contributed by atoms with Crippen molar-refractivity contribution in [1.82, 2.24) is 20.0 Å². The molecule has 6 heteroatoms. The Morgan fingerprint density at radius 2 is 1.68 bits per heavy atom. The normalized spacial score (nSPS) is 20.1. The number of guanidine groups is 1. The number of likely N-dealkylation sites (tertiary alicyclic amines) is 1. The lowest BCUT2D eigenvalue weighted by Gasteiger charge is -2.37. The first-order valence-corrected chi connectivity index (χ1v) is 10.7. The number of benzene rings is 1. The molecule has 2 aliphatic rings. The van der Waals surface area contributed by atoms with Crippen molar-refractivity contribution in [2.45, 2.75) is 32.7 Å². The maximum absolute atomic E-state index is 4.53. The van der Waals surface area contributed by atoms with Crippen LogP contribution in [0.3, 0.4) is 0 Å². The first kappa shape index (κ1) is 23.4. The zero-order valence-corrected chi connectivity index (χ0v) is 20.0. The van der Waals surface area contributed by atoms with Crippen LogP contribution in [0.1, 0.15) is 31.7 Å². The van der Waals surface area contributed by atoms with Gasteiger partial charge < -0.3 is 15.1 Å². The minimum atomic E-state index is 0. The van der Waals surface area contributed by atoms with E-state index >= 15 is 0 Å². The summed E-state index contributed by atoms with van der Waals surface area (Å²) in [6, 6.07) is 10.8. The molecule has 0 atom stereocenters. The quantitative estimate of drug-likeness (QED) is 0.371. The predicted octanol–water partition coefficient (Wildman–Crippen LogP) is 3.12. The number of hydrogen-bond donors (Lipinski definition) is 1. The Labute approximate surface area is 188 Å². The summed E-state index contributed by atoms with van der Waals surface area (Å²) in [4.78, 5) is 12.1. The van der Waals surface area contributed by atoms with Gasteiger partial charge in [0.15, 0.2) is 5.96 Å². The highest BCUT2D eigenvalue weighted by Gasteiger charge is 2.21. The van der Waals surface area contributed by atoms with Crippen LogP contribution >= 0.6 is 24.0 Å². The summed E-state index contributed by atoms with van der Waals surface area (Å²) in [6.45, 7) is 12.4. The van der Waals surface area contributed by atoms with Gasteiger partial charge in [-0.25, -0.2) is 0 Å². The smallest absolute Gasteiger partial charge is 0.193 e. The average molecular weight is 499 g/mol. The van der Waals surface area contributed by atoms with E-state index in [4.69, 9.17) is 0 Å². The summed E-state index contributed by atoms with van der Waals surface area (Å²) < 4.78 is 0. The van der Waals surface area contributed by atoms with Crippen LogP contribution in [-0.2, 0) is 6.54 Å². The SMILES string of the molecule is CCN1CCC(CCNC(=NC)N2CCN(Cc3ccccc3)CC2)CC1.I. The Morgan fingerprint density at radius 1 is 1.00 bits per heavy atom. The number of nitrogens with one attached hydrogen (secondary N) is 1. The first-order valence-electron chi connectivity index (χ1n) is 10.7. The number of nitrogens with zero attached hydrogens (tertiary/aromatic N) is 4. The molecule has 5 nitrogen and oxygen atoms in total. The van der Waals surface area contributed by atoms with E-state index in [1.165, 1.54) is 44.5 Å². The average Bonchev–Trinajstić information content (AvgIpc) is 2.73. The monoisotopic (exact) mass is 499 g/mol. The minimum absolute atomic E-state index is 0. The number of halogens is 1. The minimum Gasteiger partial charge on any atom is -0.356 e. The highest BCUT2D eigenvalue weighted by Crippen LogP contribution is 2.19. The fourth-order valence-electron chi connectivity index (χ4n) is 4.27. The number of piperidine rings is 1. The maximum Gasteiger partial charge on any atom is 0.193 e. The highest BCUT2D eigenvalue weighted by molar-refractivity contribution is 14.0. The summed E-state index contributed by atoms with van der Waals surface area (Å²) in [7, 11) is 1.92. The standard InChI is InChI=1S/C22H37N5.HI/c1-3-25-13-10-20(11-14-25)9-12-24-22(23-2)27-17-15-26(16-18-27)19-21-7-5-4-6-8-21;/h4-8,20H,3,9-19H2,1-2H3,(H,23,24);1H. The molecule has 2 aliphatic heterocycles. The molecule has 2 saturated heterocycles. The van der Waals surface area contributed by atoms with Crippen molar-refractivity contribution >= 4 is 29.9 Å². The van der Waals surface area contributed by atoms with Gasteiger partial charge in [0.25, 0.3) is 0 Å². The number of hydrogen-bond acceptors (Lipinski definition) is 3. The van der Waals surface area contributed by atoms with Gasteiger partial charge in [0.1, 0.15) is 0 Å². The molecule has 158 valence electrons. The van der Waals surface area contributed by atoms with E-state index < -0.39 is 0 Å². The summed E-state index contributed by atoms with van der Waals surface area (Å²) in [5.41, 5.74) is 1.41. The van der Waals surface area contributed by atoms with Crippen molar-refractivity contribution in [3.05, 3.63) is 35.9 Å². The molecule has 0 aromatic heterocycles. The second-order valence-corrected chi connectivity index (χ2v) is 7.89. The molecule has 1 aromatic carbocycles. The number of piperazine rings is 1. The van der Waals surface area contributed by atoms with Crippen LogP contribution in [0.15, 0.2) is 35.3 Å². The molecule has 1 aromatic rings. The maximum atomic E-state index is 4.53. The lowest BCUT2D eigenvalue weighted by atomic mass is 9.93. The van der Waals surface area contributed by atoms with Crippen LogP contribution in [0.4, 0.5) is 0 Å². The van der Waals surface area contributed by atoms with Gasteiger partial charge in [0, 0.05) is 46.3 Å². The topological polar surface area (TPSA) is 34.1 Å². The van der Waals surface area contributed by atoms with E-state index in [0.717, 1.165) is 51.1 Å². The Kier molecular flexibility index (Phi) is 10.6. The van der Waals surface area contributed by atoms with Gasteiger partial charge >= 0.3 is 0 Å². The van der Waals surface area contributed by atoms with E-state index in [9.17, 15) is 0 Å². The van der Waals surface area contributed by atoms with Crippen LogP contribution in [0, 0.1) is 5.92 Å². The third-order valence-electron chi connectivity index (χ3n) is 6.12. The second-order valence-electron chi connectivity index (χ2n) is 7.89. The van der Waals surface area contributed by atoms with Crippen molar-refractivity contribution < 1.29 is 0 Å². The van der Waals surface area contributed by atoms with E-state index in [1.807, 2.05) is 7.05 Å². The zero-order chi connectivity index (χ0) is 18.9. The summed E-state index contributed by atoms with van der Waals surface area (Å²) in [5.74, 6) is 1.96. The number of aliphatic imine (C=N–C) groups is 1. The molecule has 1 N–H and O–H groups in total. The van der Waals surface area contributed by atoms with Gasteiger partial charge in [-0.2, -0.15) is 0 Å². The molecule has 2 heterocycles. The van der Waals surface area contributed by atoms with Crippen LogP contribution in [0.2, 0.25) is 0 Å². The fourth-order valence-corrected chi connectivity index (χ4v) is 4.27. The molecule has 0 radical (unpaired) electrons. The molecule has 2 fully saturated rings. The Bertz CT molecular complexity index is 564. The molecular weight excluding hydrogens is 461 g/mol. The molecule has 0 amide bonds. The van der Waals surface area contributed by atoms with Gasteiger partial charge in [-0.15, -0.1) is 24.0 Å². The van der Waals surface area contributed by atoms with Crippen molar-refractivity contribution in [2.24, 2.45) is 10.9 Å². The molecule has 0 aliphatic carbocycles. The molecule has 3 rings (SSSR count). The van der Waals surface area contributed by atoms with Gasteiger partial charge in [-0.1, -0.05) is 37.3 Å². The van der Waals surface area contributed by atoms with Crippen molar-refractivity contribution in [3.63, 3.8) is 0 Å². The van der Waals surface area contributed by atoms with Gasteiger partial charge in [-0.3, -0.25) is 9.89 Å². The summed E-state index contributed by atoms with van der Waals surface area (Å²) in [5, 5.41) is 3.62. The van der Waals surface area contributed by atoms with Gasteiger partial charge in [0.05, 0.1) is 0 Å². The van der Waals surface area contributed by atoms with Crippen molar-refractivity contribution in [3.8, 4) is 0 Å². The highest BCUT2D eigenvalue weighted by atomic mass is 127. The lowest BCUT2D eigenvalue weighted by Crippen LogP contribution is -2.52. The first-order chi connectivity index (χ1) is 13.3. The van der Waals surface area contributed by atoms with E-state index in [0.29, 0.717) is 0 Å². The van der Waals surface area contributed by atoms with Crippen LogP contribution in [-0.4, -0.2) is 80.1 Å². The van der Waals surface area contributed by atoms with Crippen LogP contribution in [0.5, 0.6) is 0 Å². The van der Waals surface area contributed by atoms with Crippen LogP contribution < -0.4 is 5.32 Å². The van der Waals surface area contributed by atoms with Gasteiger partial charge in [0.2, 0.25) is 0 Å². The lowest BCUT2D eigenvalue weighted by molar-refractivity contribution is 0.171. The Balaban J connectivity index is 0.00000280. The predicted molar refractivity (Wildman–Crippen MR) is 130 cm³/mol. The third-order valence-corrected chi connectivity index (χ3v) is 6.12. The molecule has 0 spiro atoms. The molecular formula is C22H38IN5. The van der Waals surface area contributed by atoms with Crippen LogP contribution in [0.25, 0.3) is 0 Å². The van der Waals surface area contributed by atoms with Crippen molar-refractivity contribution in [2.75, 3.05) is 59.4 Å². The Hall–Kier alpha value is -0.860. The third kappa shape index (κ3) is 7.19. The van der Waals surface area contributed by atoms with Gasteiger partial charge in [-0.05, 0) is 50.4 Å². The van der Waals surface area contributed by atoms with E-state index in [-0.39, 0.29) is 24.0 Å². The fraction of sp³-hybridized carbons (Fsp3) is 0.682. The van der Waals surface area contributed by atoms with E-state index in [2.05, 4.69) is 62.3 Å². The molecule has 0 saturated carbocycles. The number of rotatable bonds is 6. The molecule has 28 heavy (non-hydrogen) atoms. The zero-order valence-electron chi connectivity index (χ0n) is 17.6. The second kappa shape index (κ2) is 12.6. The summed E-state index contributed by atoms with van der Waals surface area (Å²) in [6.07, 6.45) is 3.98. The van der Waals surface area contributed by atoms with Crippen molar-refractivity contribution in [1.29, 1.82) is 0 Å². The summed E-state index contributed by atoms with van der Waals surface area (Å²) >= 11 is 0. The Morgan fingerprint density at radius 3 is 2.29 bits per heavy atom. The van der Waals surface area contributed by atoms with E-state index in [1.54, 1.807) is 0 Å². The molecule has 0 unspecified atom stereocenters. The molecule has 0 bridgehead atoms. The largest absolute Gasteiger partial charge is 0.356 e.